The van der Waals surface area contributed by atoms with Crippen LogP contribution in [0.2, 0.25) is 10.0 Å². The third kappa shape index (κ3) is 13.0. The molecule has 0 aliphatic heterocycles. The van der Waals surface area contributed by atoms with Crippen molar-refractivity contribution in [3.05, 3.63) is 112 Å². The first-order chi connectivity index (χ1) is 35.6. The van der Waals surface area contributed by atoms with Crippen molar-refractivity contribution in [3.8, 4) is 23.3 Å². The summed E-state index contributed by atoms with van der Waals surface area (Å²) in [7, 11) is -29.9. The average molecular weight is 1230 g/mol. The van der Waals surface area contributed by atoms with Crippen molar-refractivity contribution in [2.24, 2.45) is 20.5 Å². The fourth-order valence-corrected chi connectivity index (χ4v) is 12.5. The molecule has 36 heteroatoms. The second kappa shape index (κ2) is 21.0. The molecule has 5 aromatic carbocycles. The van der Waals surface area contributed by atoms with E-state index in [4.69, 9.17) is 23.2 Å². The number of benzene rings is 5. The molecule has 0 unspecified atom stereocenters. The molecule has 2 heterocycles. The summed E-state index contributed by atoms with van der Waals surface area (Å²) in [4.78, 5) is -0.706. The highest BCUT2D eigenvalue weighted by atomic mass is 35.5. The zero-order valence-electron chi connectivity index (χ0n) is 38.0. The zero-order valence-corrected chi connectivity index (χ0v) is 45.2. The molecule has 77 heavy (non-hydrogen) atoms. The van der Waals surface area contributed by atoms with Gasteiger partial charge in [-0.3, -0.25) is 27.5 Å². The average Bonchev–Trinajstić information content (AvgIpc) is 3.68. The molecule has 8 N–H and O–H groups in total. The number of rotatable bonds is 16. The zero-order chi connectivity index (χ0) is 57.0. The van der Waals surface area contributed by atoms with Gasteiger partial charge in [0.25, 0.3) is 50.6 Å². The largest absolute Gasteiger partial charge is 0.339 e. The molecular formula is C41H28Cl2N10O17S7. The smallest absolute Gasteiger partial charge is 0.296 e. The normalized spacial score (nSPS) is 12.7. The van der Waals surface area contributed by atoms with Crippen LogP contribution in [0.25, 0.3) is 21.9 Å². The summed E-state index contributed by atoms with van der Waals surface area (Å²) in [5.41, 5.74) is -1.99. The van der Waals surface area contributed by atoms with E-state index in [0.29, 0.717) is 29.5 Å². The fraction of sp³-hybridized carbons (Fsp3) is 0.0488. The van der Waals surface area contributed by atoms with E-state index in [1.807, 2.05) is 12.1 Å². The van der Waals surface area contributed by atoms with Gasteiger partial charge in [-0.05, 0) is 85.3 Å². The SMILES string of the molecule is Cc1c(C#N)c(Nc2ccc(Cl)c(S(=O)(=O)O)c2)nc(Nc2ccc(Cl)c(S(=O)(=O)O)c2)c1N=Nc1sc(N=Nc2cc(S(=O)(=O)O)c3cc(S(=O)(=O)O)cc(S(=O)(=O)O)c3c2)c(-c2cccc(NS(C)(=O)=O)c2)c1C#N. The summed E-state index contributed by atoms with van der Waals surface area (Å²) in [6.07, 6.45) is 0.850. The van der Waals surface area contributed by atoms with Crippen LogP contribution in [0, 0.1) is 29.6 Å². The lowest BCUT2D eigenvalue weighted by atomic mass is 10.0. The van der Waals surface area contributed by atoms with Crippen LogP contribution in [-0.4, -0.2) is 84.5 Å². The predicted octanol–water partition coefficient (Wildman–Crippen LogP) is 9.24. The van der Waals surface area contributed by atoms with Gasteiger partial charge in [-0.2, -0.15) is 52.6 Å². The summed E-state index contributed by atoms with van der Waals surface area (Å²) >= 11 is 12.6. The number of nitriles is 2. The number of hydrogen-bond acceptors (Lipinski definition) is 22. The highest BCUT2D eigenvalue weighted by Gasteiger charge is 2.28. The number of anilines is 5. The van der Waals surface area contributed by atoms with Gasteiger partial charge in [0.15, 0.2) is 16.6 Å². The van der Waals surface area contributed by atoms with Crippen LogP contribution in [0.15, 0.2) is 130 Å². The summed E-state index contributed by atoms with van der Waals surface area (Å²) in [5.74, 6) is -0.664. The first kappa shape index (κ1) is 57.6. The van der Waals surface area contributed by atoms with E-state index in [-0.39, 0.29) is 77.2 Å². The molecule has 0 bridgehead atoms. The van der Waals surface area contributed by atoms with Gasteiger partial charge in [-0.1, -0.05) is 46.7 Å². The number of thiophene rings is 1. The maximum Gasteiger partial charge on any atom is 0.296 e. The van der Waals surface area contributed by atoms with Crippen molar-refractivity contribution < 1.29 is 73.3 Å². The first-order valence-corrected chi connectivity index (χ1v) is 30.8. The Morgan fingerprint density at radius 2 is 1.08 bits per heavy atom. The monoisotopic (exact) mass is 1230 g/mol. The standard InChI is InChI=1S/C41H28Cl2N10O17S7/c1-19-28(17-44)38(46-21-6-8-30(42)34(12-21)76(65,66)67)48-39(47-22-7-9-31(43)35(13-22)77(68,69)70)37(19)50-51-40-29(18-45)36(20-4-3-5-23(10-20)53-72(2,54)55)41(71-40)52-49-24-11-26-27(32(14-24)74(59,60)61)15-25(73(56,57)58)16-33(26)75(62,63)64/h3-16,53H,1-2H3,(H2,46,47,48)(H,56,57,58)(H,59,60,61)(H,62,63,64)(H,65,66,67)(H,68,69,70). The van der Waals surface area contributed by atoms with Crippen LogP contribution in [-0.2, 0) is 60.6 Å². The molecule has 0 saturated carbocycles. The van der Waals surface area contributed by atoms with Gasteiger partial charge in [0.05, 0.1) is 32.4 Å². The Kier molecular flexibility index (Phi) is 15.7. The molecule has 7 rings (SSSR count). The Balaban J connectivity index is 1.47. The van der Waals surface area contributed by atoms with Gasteiger partial charge in [0.2, 0.25) is 10.0 Å². The van der Waals surface area contributed by atoms with Gasteiger partial charge in [0.1, 0.15) is 48.0 Å². The lowest BCUT2D eigenvalue weighted by Crippen LogP contribution is -2.09. The minimum Gasteiger partial charge on any atom is -0.339 e. The topological polar surface area (TPSA) is 452 Å². The summed E-state index contributed by atoms with van der Waals surface area (Å²) in [5, 5.41) is 40.5. The van der Waals surface area contributed by atoms with Crippen LogP contribution in [0.5, 0.6) is 0 Å². The number of aromatic nitrogens is 1. The number of hydrogen-bond donors (Lipinski definition) is 8. The second-order valence-electron chi connectivity index (χ2n) is 15.6. The number of halogens is 2. The van der Waals surface area contributed by atoms with E-state index in [0.717, 1.165) is 36.6 Å². The molecule has 0 fully saturated rings. The summed E-state index contributed by atoms with van der Waals surface area (Å²) in [6, 6.07) is 17.9. The van der Waals surface area contributed by atoms with Crippen molar-refractivity contribution in [2.45, 2.75) is 31.4 Å². The van der Waals surface area contributed by atoms with Crippen LogP contribution >= 0.6 is 34.5 Å². The maximum absolute atomic E-state index is 12.7. The molecule has 0 aliphatic carbocycles. The van der Waals surface area contributed by atoms with Crippen LogP contribution in [0.4, 0.5) is 50.1 Å². The number of pyridine rings is 1. The van der Waals surface area contributed by atoms with Crippen molar-refractivity contribution in [1.29, 1.82) is 10.5 Å². The van der Waals surface area contributed by atoms with E-state index in [9.17, 15) is 83.8 Å². The van der Waals surface area contributed by atoms with Crippen molar-refractivity contribution in [3.63, 3.8) is 0 Å². The van der Waals surface area contributed by atoms with Gasteiger partial charge < -0.3 is 10.6 Å². The third-order valence-corrected chi connectivity index (χ3v) is 17.1. The minimum absolute atomic E-state index is 0.0391. The van der Waals surface area contributed by atoms with Crippen molar-refractivity contribution in [1.82, 2.24) is 4.98 Å². The maximum atomic E-state index is 12.7. The number of nitrogens with zero attached hydrogens (tertiary/aromatic N) is 7. The molecule has 400 valence electrons. The molecular weight excluding hydrogens is 1200 g/mol. The Bertz CT molecular complexity index is 4570. The number of fused-ring (bicyclic) bond motifs is 1. The molecule has 0 atom stereocenters. The number of azo groups is 2. The van der Waals surface area contributed by atoms with E-state index in [1.165, 1.54) is 43.3 Å². The Morgan fingerprint density at radius 3 is 1.60 bits per heavy atom. The van der Waals surface area contributed by atoms with E-state index in [1.54, 1.807) is 0 Å². The summed E-state index contributed by atoms with van der Waals surface area (Å²) < 4.78 is 199. The highest BCUT2D eigenvalue weighted by molar-refractivity contribution is 7.92. The van der Waals surface area contributed by atoms with Gasteiger partial charge in [-0.15, -0.1) is 20.5 Å². The Labute approximate surface area is 450 Å². The first-order valence-electron chi connectivity index (χ1n) is 20.1. The molecule has 0 amide bonds. The Hall–Kier alpha value is -7.13. The lowest BCUT2D eigenvalue weighted by Gasteiger charge is -2.16. The molecule has 0 radical (unpaired) electrons. The quantitative estimate of drug-likeness (QED) is 0.0330. The highest BCUT2D eigenvalue weighted by Crippen LogP contribution is 2.49. The number of sulfonamides is 1. The number of nitrogens with one attached hydrogen (secondary N) is 3. The summed E-state index contributed by atoms with van der Waals surface area (Å²) in [6.45, 7) is 1.34. The van der Waals surface area contributed by atoms with Crippen molar-refractivity contribution >= 4 is 156 Å². The third-order valence-electron chi connectivity index (χ3n) is 10.2. The molecule has 2 aromatic heterocycles. The molecule has 27 nitrogen and oxygen atoms in total. The Morgan fingerprint density at radius 1 is 0.558 bits per heavy atom. The molecule has 7 aromatic rings. The van der Waals surface area contributed by atoms with Gasteiger partial charge in [0, 0.05) is 39.0 Å². The van der Waals surface area contributed by atoms with Crippen LogP contribution in [0.1, 0.15) is 16.7 Å². The van der Waals surface area contributed by atoms with Gasteiger partial charge >= 0.3 is 0 Å². The van der Waals surface area contributed by atoms with Crippen LogP contribution < -0.4 is 15.4 Å². The van der Waals surface area contributed by atoms with E-state index < -0.39 is 107 Å². The predicted molar refractivity (Wildman–Crippen MR) is 277 cm³/mol. The van der Waals surface area contributed by atoms with Gasteiger partial charge in [-0.25, -0.2) is 13.4 Å². The minimum atomic E-state index is -5.45. The second-order valence-corrected chi connectivity index (χ2v) is 26.1. The van der Waals surface area contributed by atoms with E-state index >= 15 is 0 Å². The fourth-order valence-electron chi connectivity index (χ4n) is 7.02. The lowest BCUT2D eigenvalue weighted by molar-refractivity contribution is 0.478. The molecule has 0 aliphatic rings. The van der Waals surface area contributed by atoms with Crippen molar-refractivity contribution in [2.75, 3.05) is 21.6 Å². The van der Waals surface area contributed by atoms with Crippen LogP contribution in [0.3, 0.4) is 0 Å². The molecule has 0 spiro atoms. The molecule has 0 saturated heterocycles. The van der Waals surface area contributed by atoms with E-state index in [2.05, 4.69) is 40.8 Å².